The van der Waals surface area contributed by atoms with Crippen molar-refractivity contribution in [1.29, 1.82) is 0 Å². The van der Waals surface area contributed by atoms with Crippen LogP contribution in [-0.2, 0) is 91.5 Å². The molecular formula is C3H8S2Y2-2. The standard InChI is InChI=1S/C3H8S.H2S.2Y/c1-3(2)4;;;/h3-4H,1-2H3;1H2;;/p-2. The van der Waals surface area contributed by atoms with Crippen LogP contribution in [0, 0.1) is 0 Å². The molecule has 0 aromatic heterocycles. The number of rotatable bonds is 0. The SMILES string of the molecule is CC(C)[S-].[SH-].[Y].[Y]. The van der Waals surface area contributed by atoms with Crippen LogP contribution < -0.4 is 0 Å². The van der Waals surface area contributed by atoms with Crippen LogP contribution in [0.2, 0.25) is 0 Å². The summed E-state index contributed by atoms with van der Waals surface area (Å²) in [5, 5.41) is 0.417. The molecule has 2 radical (unpaired) electrons. The fraction of sp³-hybridized carbons (Fsp3) is 1.00. The van der Waals surface area contributed by atoms with E-state index in [0.29, 0.717) is 5.25 Å². The number of thiol groups is 1. The van der Waals surface area contributed by atoms with E-state index in [1.54, 1.807) is 0 Å². The summed E-state index contributed by atoms with van der Waals surface area (Å²) >= 11 is 4.62. The van der Waals surface area contributed by atoms with Gasteiger partial charge in [-0.1, -0.05) is 13.8 Å². The molecule has 0 spiro atoms. The van der Waals surface area contributed by atoms with E-state index in [4.69, 9.17) is 0 Å². The maximum absolute atomic E-state index is 4.62. The van der Waals surface area contributed by atoms with Crippen LogP contribution in [-0.4, -0.2) is 5.25 Å². The Kier molecular flexibility index (Phi) is 51.4. The molecule has 0 aliphatic heterocycles. The van der Waals surface area contributed by atoms with Crippen LogP contribution >= 0.6 is 0 Å². The Morgan fingerprint density at radius 2 is 1.14 bits per heavy atom. The summed E-state index contributed by atoms with van der Waals surface area (Å²) in [5.41, 5.74) is 0. The molecule has 0 saturated carbocycles. The predicted octanol–water partition coefficient (Wildman–Crippen LogP) is 0.667. The van der Waals surface area contributed by atoms with Gasteiger partial charge in [0.05, 0.1) is 0 Å². The van der Waals surface area contributed by atoms with Crippen molar-refractivity contribution in [3.8, 4) is 0 Å². The molecule has 4 heteroatoms. The van der Waals surface area contributed by atoms with Gasteiger partial charge in [-0.05, 0) is 0 Å². The van der Waals surface area contributed by atoms with Crippen LogP contribution in [0.4, 0.5) is 0 Å². The Morgan fingerprint density at radius 1 is 1.14 bits per heavy atom. The second-order valence-corrected chi connectivity index (χ2v) is 1.99. The van der Waals surface area contributed by atoms with Gasteiger partial charge in [-0.25, -0.2) is 0 Å². The Hall–Kier alpha value is 2.91. The van der Waals surface area contributed by atoms with Gasteiger partial charge in [0, 0.05) is 65.4 Å². The fourth-order valence-electron chi connectivity index (χ4n) is 0. The Labute approximate surface area is 109 Å². The van der Waals surface area contributed by atoms with Gasteiger partial charge < -0.3 is 26.1 Å². The van der Waals surface area contributed by atoms with Gasteiger partial charge in [-0.3, -0.25) is 0 Å². The molecule has 0 heterocycles. The first-order valence-electron chi connectivity index (χ1n) is 1.39. The third-order valence-electron chi connectivity index (χ3n) is 0. The molecule has 0 nitrogen and oxygen atoms in total. The molecule has 0 aromatic carbocycles. The topological polar surface area (TPSA) is 0 Å². The van der Waals surface area contributed by atoms with E-state index >= 15 is 0 Å². The molecule has 0 amide bonds. The van der Waals surface area contributed by atoms with Crippen molar-refractivity contribution in [1.82, 2.24) is 0 Å². The van der Waals surface area contributed by atoms with Gasteiger partial charge >= 0.3 is 0 Å². The molecule has 0 N–H and O–H groups in total. The average Bonchev–Trinajstić information content (AvgIpc) is 0.811. The first-order chi connectivity index (χ1) is 1.73. The molecule has 0 rings (SSSR count). The third-order valence-corrected chi connectivity index (χ3v) is 0. The van der Waals surface area contributed by atoms with Crippen molar-refractivity contribution in [2.45, 2.75) is 19.1 Å². The van der Waals surface area contributed by atoms with Crippen molar-refractivity contribution >= 4 is 26.1 Å². The molecule has 0 atom stereocenters. The Balaban J connectivity index is -0.0000000150. The van der Waals surface area contributed by atoms with E-state index in [0.717, 1.165) is 0 Å². The van der Waals surface area contributed by atoms with Crippen LogP contribution in [0.15, 0.2) is 0 Å². The van der Waals surface area contributed by atoms with Crippen LogP contribution in [0.3, 0.4) is 0 Å². The maximum Gasteiger partial charge on any atom is 0 e. The first kappa shape index (κ1) is 22.5. The second-order valence-electron chi connectivity index (χ2n) is 1.05. The molecule has 0 fully saturated rings. The summed E-state index contributed by atoms with van der Waals surface area (Å²) in [7, 11) is 0. The molecule has 0 aliphatic rings. The molecule has 7 heavy (non-hydrogen) atoms. The minimum absolute atomic E-state index is 0. The molecule has 0 saturated heterocycles. The third kappa shape index (κ3) is 50.3. The Morgan fingerprint density at radius 3 is 1.14 bits per heavy atom. The van der Waals surface area contributed by atoms with Crippen molar-refractivity contribution in [2.75, 3.05) is 0 Å². The average molecular weight is 286 g/mol. The minimum Gasteiger partial charge on any atom is -0.813 e. The summed E-state index contributed by atoms with van der Waals surface area (Å²) < 4.78 is 0. The molecule has 0 unspecified atom stereocenters. The van der Waals surface area contributed by atoms with Gasteiger partial charge in [0.2, 0.25) is 0 Å². The minimum atomic E-state index is 0. The molecule has 0 aromatic rings. The van der Waals surface area contributed by atoms with Crippen molar-refractivity contribution in [3.63, 3.8) is 0 Å². The van der Waals surface area contributed by atoms with E-state index in [-0.39, 0.29) is 78.9 Å². The van der Waals surface area contributed by atoms with Gasteiger partial charge in [-0.15, -0.1) is 0 Å². The Bertz CT molecular complexity index is 15.7. The summed E-state index contributed by atoms with van der Waals surface area (Å²) in [6.45, 7) is 3.96. The summed E-state index contributed by atoms with van der Waals surface area (Å²) in [6, 6.07) is 0. The van der Waals surface area contributed by atoms with Crippen LogP contribution in [0.1, 0.15) is 13.8 Å². The van der Waals surface area contributed by atoms with Crippen molar-refractivity contribution in [2.24, 2.45) is 0 Å². The number of hydrogen-bond acceptors (Lipinski definition) is 2. The normalized spacial score (nSPS) is 5.14. The van der Waals surface area contributed by atoms with Crippen LogP contribution in [0.25, 0.3) is 0 Å². The van der Waals surface area contributed by atoms with Crippen molar-refractivity contribution < 1.29 is 65.4 Å². The van der Waals surface area contributed by atoms with E-state index in [9.17, 15) is 0 Å². The van der Waals surface area contributed by atoms with Gasteiger partial charge in [-0.2, -0.15) is 5.25 Å². The summed E-state index contributed by atoms with van der Waals surface area (Å²) in [5.74, 6) is 0. The predicted molar refractivity (Wildman–Crippen MR) is 31.3 cm³/mol. The van der Waals surface area contributed by atoms with E-state index < -0.39 is 0 Å². The molecule has 0 bridgehead atoms. The fourth-order valence-corrected chi connectivity index (χ4v) is 0. The van der Waals surface area contributed by atoms with Crippen LogP contribution in [0.5, 0.6) is 0 Å². The monoisotopic (exact) mass is 286 g/mol. The largest absolute Gasteiger partial charge is 0.813 e. The zero-order valence-corrected chi connectivity index (χ0v) is 12.0. The second kappa shape index (κ2) is 16.0. The smallest absolute Gasteiger partial charge is 0 e. The van der Waals surface area contributed by atoms with E-state index in [1.807, 2.05) is 13.8 Å². The maximum atomic E-state index is 4.62. The van der Waals surface area contributed by atoms with Gasteiger partial charge in [0.25, 0.3) is 0 Å². The first-order valence-corrected chi connectivity index (χ1v) is 1.86. The molecule has 40 valence electrons. The number of hydrogen-bond donors (Lipinski definition) is 0. The quantitative estimate of drug-likeness (QED) is 0.474. The zero-order chi connectivity index (χ0) is 3.58. The summed E-state index contributed by atoms with van der Waals surface area (Å²) in [4.78, 5) is 0. The van der Waals surface area contributed by atoms with Gasteiger partial charge in [0.15, 0.2) is 0 Å². The zero-order valence-electron chi connectivity index (χ0n) is 4.59. The molecular weight excluding hydrogens is 278 g/mol. The summed E-state index contributed by atoms with van der Waals surface area (Å²) in [6.07, 6.45) is 0. The van der Waals surface area contributed by atoms with E-state index in [2.05, 4.69) is 12.6 Å². The van der Waals surface area contributed by atoms with Gasteiger partial charge in [0.1, 0.15) is 0 Å². The van der Waals surface area contributed by atoms with E-state index in [1.165, 1.54) is 0 Å². The van der Waals surface area contributed by atoms with Crippen molar-refractivity contribution in [3.05, 3.63) is 0 Å². The molecule has 0 aliphatic carbocycles.